The number of nitrogens with one attached hydrogen (secondary N) is 4. The number of imidazole rings is 2. The number of likely N-dealkylation sites (tertiary alicyclic amines) is 2. The van der Waals surface area contributed by atoms with E-state index in [4.69, 9.17) is 19.4 Å². The van der Waals surface area contributed by atoms with Gasteiger partial charge in [0, 0.05) is 29.3 Å². The van der Waals surface area contributed by atoms with E-state index in [-0.39, 0.29) is 58.3 Å². The molecule has 3 aromatic carbocycles. The molecule has 5 aromatic rings. The molecule has 14 nitrogen and oxygen atoms in total. The third-order valence-electron chi connectivity index (χ3n) is 14.5. The first-order valence-electron chi connectivity index (χ1n) is 22.3. The topological polar surface area (TPSA) is 175 Å². The van der Waals surface area contributed by atoms with E-state index in [1.807, 2.05) is 56.0 Å². The lowest BCUT2D eigenvalue weighted by molar-refractivity contribution is -0.138. The third kappa shape index (κ3) is 6.87. The number of piperidine rings is 1. The maximum absolute atomic E-state index is 16.7. The molecule has 2 aliphatic heterocycles. The minimum Gasteiger partial charge on any atom is -0.453 e. The van der Waals surface area contributed by atoms with Crippen LogP contribution in [0.15, 0.2) is 60.8 Å². The number of benzene rings is 3. The molecular weight excluding hydrogens is 823 g/mol. The van der Waals surface area contributed by atoms with Gasteiger partial charge in [-0.1, -0.05) is 51.1 Å². The number of rotatable bonds is 10. The monoisotopic (exact) mass is 874 g/mol. The van der Waals surface area contributed by atoms with Crippen LogP contribution >= 0.6 is 0 Å². The number of carbonyl (C=O) groups excluding carboxylic acids is 4. The Kier molecular flexibility index (Phi) is 10.1. The molecule has 64 heavy (non-hydrogen) atoms. The Morgan fingerprint density at radius 3 is 2.22 bits per heavy atom. The van der Waals surface area contributed by atoms with Crippen molar-refractivity contribution in [3.8, 4) is 33.5 Å². The molecule has 0 radical (unpaired) electrons. The number of aromatic amines is 2. The second kappa shape index (κ2) is 15.4. The molecule has 3 aliphatic carbocycles. The Hall–Kier alpha value is -6.32. The number of aromatic nitrogens is 4. The molecule has 4 fully saturated rings. The molecule has 2 saturated heterocycles. The average molecular weight is 875 g/mol. The van der Waals surface area contributed by atoms with Crippen LogP contribution < -0.4 is 10.6 Å². The molecule has 4 heterocycles. The molecule has 4 N–H and O–H groups in total. The fourth-order valence-corrected chi connectivity index (χ4v) is 10.9. The van der Waals surface area contributed by atoms with E-state index in [9.17, 15) is 19.2 Å². The van der Waals surface area contributed by atoms with E-state index in [0.717, 1.165) is 49.6 Å². The Labute approximate surface area is 368 Å². The van der Waals surface area contributed by atoms with Gasteiger partial charge in [0.05, 0.1) is 49.2 Å². The van der Waals surface area contributed by atoms with Crippen LogP contribution in [0.5, 0.6) is 0 Å². The van der Waals surface area contributed by atoms with Gasteiger partial charge in [-0.2, -0.15) is 8.78 Å². The van der Waals surface area contributed by atoms with E-state index >= 15 is 8.78 Å². The molecule has 6 atom stereocenters. The van der Waals surface area contributed by atoms with Crippen molar-refractivity contribution in [2.45, 2.75) is 102 Å². The molecule has 2 aromatic heterocycles. The Morgan fingerprint density at radius 1 is 0.859 bits per heavy atom. The quantitative estimate of drug-likeness (QED) is 0.108. The van der Waals surface area contributed by atoms with Gasteiger partial charge in [-0.25, -0.2) is 19.6 Å². The fraction of sp³-hybridized carbons (Fsp3) is 0.458. The molecule has 334 valence electrons. The molecular formula is C48H52F2N8O6. The predicted molar refractivity (Wildman–Crippen MR) is 233 cm³/mol. The summed E-state index contributed by atoms with van der Waals surface area (Å²) in [6.45, 7) is 6.15. The lowest BCUT2D eigenvalue weighted by Crippen LogP contribution is -2.51. The van der Waals surface area contributed by atoms with Gasteiger partial charge < -0.3 is 39.9 Å². The zero-order chi connectivity index (χ0) is 44.8. The number of nitrogens with zero attached hydrogens (tertiary/aromatic N) is 4. The van der Waals surface area contributed by atoms with Gasteiger partial charge in [-0.05, 0) is 109 Å². The highest BCUT2D eigenvalue weighted by atomic mass is 19.3. The zero-order valence-electron chi connectivity index (χ0n) is 36.5. The van der Waals surface area contributed by atoms with Crippen molar-refractivity contribution in [1.82, 2.24) is 40.4 Å². The van der Waals surface area contributed by atoms with Crippen molar-refractivity contribution in [3.05, 3.63) is 83.6 Å². The lowest BCUT2D eigenvalue weighted by Gasteiger charge is -2.36. The summed E-state index contributed by atoms with van der Waals surface area (Å²) in [6.07, 6.45) is 6.18. The van der Waals surface area contributed by atoms with Crippen molar-refractivity contribution in [2.24, 2.45) is 17.3 Å². The number of alkyl halides is 2. The summed E-state index contributed by atoms with van der Waals surface area (Å²) in [5.41, 5.74) is 4.69. The summed E-state index contributed by atoms with van der Waals surface area (Å²) >= 11 is 0. The van der Waals surface area contributed by atoms with Gasteiger partial charge in [-0.15, -0.1) is 0 Å². The highest BCUT2D eigenvalue weighted by molar-refractivity contribution is 5.89. The largest absolute Gasteiger partial charge is 0.453 e. The van der Waals surface area contributed by atoms with Crippen molar-refractivity contribution in [1.29, 1.82) is 0 Å². The predicted octanol–water partition coefficient (Wildman–Crippen LogP) is 8.36. The number of fused-ring (bicyclic) bond motifs is 6. The lowest BCUT2D eigenvalue weighted by atomic mass is 9.97. The van der Waals surface area contributed by atoms with E-state index in [0.29, 0.717) is 58.1 Å². The van der Waals surface area contributed by atoms with Gasteiger partial charge in [-0.3, -0.25) is 9.59 Å². The molecule has 2 saturated carbocycles. The summed E-state index contributed by atoms with van der Waals surface area (Å²) in [5, 5.41) is 5.38. The number of alkyl carbamates (subject to hydrolysis) is 2. The maximum Gasteiger partial charge on any atom is 0.407 e. The van der Waals surface area contributed by atoms with Crippen LogP contribution in [0.4, 0.5) is 18.4 Å². The number of methoxy groups -OCH3 is 2. The van der Waals surface area contributed by atoms with Crippen LogP contribution in [0.1, 0.15) is 101 Å². The summed E-state index contributed by atoms with van der Waals surface area (Å²) in [5.74, 6) is -2.35. The van der Waals surface area contributed by atoms with Crippen molar-refractivity contribution < 1.29 is 37.4 Å². The Morgan fingerprint density at radius 2 is 1.53 bits per heavy atom. The van der Waals surface area contributed by atoms with Crippen LogP contribution in [0.25, 0.3) is 44.5 Å². The first-order valence-corrected chi connectivity index (χ1v) is 22.3. The molecule has 0 unspecified atom stereocenters. The molecule has 10 rings (SSSR count). The highest BCUT2D eigenvalue weighted by Crippen LogP contribution is 2.59. The van der Waals surface area contributed by atoms with Gasteiger partial charge in [0.2, 0.25) is 11.8 Å². The second-order valence-corrected chi connectivity index (χ2v) is 18.7. The normalized spacial score (nSPS) is 23.0. The number of carbonyl (C=O) groups is 4. The van der Waals surface area contributed by atoms with Gasteiger partial charge in [0.25, 0.3) is 5.92 Å². The number of amides is 4. The van der Waals surface area contributed by atoms with Crippen LogP contribution in [-0.2, 0) is 25.0 Å². The SMILES string of the molecule is CC[C@H](NC(=O)OC)C(=O)N1[C@@H]2CC[C@@H](C2)[C@H]1c1nc2ccc(-c3ccc4c(c3)C(F)(F)c3cc(-c5cnc([C@@H]6CC7(CC7)CN6C(=O)[C@@H](NC(=O)OC)C(C)C)[nH]5)ccc3-4)cc2[nH]1. The van der Waals surface area contributed by atoms with Crippen LogP contribution in [0, 0.1) is 17.3 Å². The summed E-state index contributed by atoms with van der Waals surface area (Å²) in [7, 11) is 2.54. The van der Waals surface area contributed by atoms with Crippen molar-refractivity contribution >= 4 is 35.0 Å². The van der Waals surface area contributed by atoms with Crippen LogP contribution in [-0.4, -0.2) is 92.6 Å². The third-order valence-corrected chi connectivity index (χ3v) is 14.5. The molecule has 16 heteroatoms. The summed E-state index contributed by atoms with van der Waals surface area (Å²) < 4.78 is 42.9. The number of H-pyrrole nitrogens is 2. The van der Waals surface area contributed by atoms with E-state index in [1.54, 1.807) is 29.3 Å². The molecule has 2 bridgehead atoms. The minimum absolute atomic E-state index is 0.0112. The smallest absolute Gasteiger partial charge is 0.407 e. The summed E-state index contributed by atoms with van der Waals surface area (Å²) in [6, 6.07) is 13.8. The van der Waals surface area contributed by atoms with E-state index < -0.39 is 30.2 Å². The number of halogens is 2. The van der Waals surface area contributed by atoms with Crippen molar-refractivity contribution in [2.75, 3.05) is 20.8 Å². The molecule has 5 aliphatic rings. The standard InChI is InChI=1S/C48H52F2N8O6/c1-6-34(55-45(61)63-4)43(59)58-29-11-7-28(17-29)40(58)42-52-35-14-10-26(20-36(35)53-42)25-8-12-30-31-13-9-27(19-33(31)48(49,50)32(30)18-25)37-22-51-41(54-37)38-21-47(15-16-47)23-57(38)44(60)39(24(2)3)56-46(62)64-5/h8-10,12-14,18-20,22,24,28-29,34,38-40H,6-7,11,15-17,21,23H2,1-5H3,(H,51,54)(H,52,53)(H,55,61)(H,56,62)/t28-,29+,34-,38-,39-,40-/m0/s1. The Bertz CT molecular complexity index is 2710. The Balaban J connectivity index is 0.895. The van der Waals surface area contributed by atoms with Crippen LogP contribution in [0.2, 0.25) is 0 Å². The number of ether oxygens (including phenoxy) is 2. The average Bonchev–Trinajstić information content (AvgIpc) is 3.95. The molecule has 4 amide bonds. The second-order valence-electron chi connectivity index (χ2n) is 18.7. The molecule has 1 spiro atoms. The maximum atomic E-state index is 16.7. The van der Waals surface area contributed by atoms with Crippen LogP contribution in [0.3, 0.4) is 0 Å². The van der Waals surface area contributed by atoms with Gasteiger partial charge >= 0.3 is 12.2 Å². The first-order chi connectivity index (χ1) is 30.7. The highest BCUT2D eigenvalue weighted by Gasteiger charge is 2.55. The fourth-order valence-electron chi connectivity index (χ4n) is 10.9. The summed E-state index contributed by atoms with van der Waals surface area (Å²) in [4.78, 5) is 72.2. The van der Waals surface area contributed by atoms with E-state index in [2.05, 4.69) is 20.6 Å². The van der Waals surface area contributed by atoms with Crippen molar-refractivity contribution in [3.63, 3.8) is 0 Å². The van der Waals surface area contributed by atoms with Gasteiger partial charge in [0.1, 0.15) is 23.7 Å². The zero-order valence-corrected chi connectivity index (χ0v) is 36.5. The van der Waals surface area contributed by atoms with E-state index in [1.165, 1.54) is 20.3 Å². The minimum atomic E-state index is -3.28. The van der Waals surface area contributed by atoms with Gasteiger partial charge in [0.15, 0.2) is 0 Å². The first kappa shape index (κ1) is 41.7. The number of hydrogen-bond acceptors (Lipinski definition) is 8. The number of hydrogen-bond donors (Lipinski definition) is 4.